The van der Waals surface area contributed by atoms with Crippen molar-refractivity contribution in [3.05, 3.63) is 58.1 Å². The van der Waals surface area contributed by atoms with Gasteiger partial charge in [-0.25, -0.2) is 0 Å². The number of hydrogen-bond donors (Lipinski definition) is 1. The predicted octanol–water partition coefficient (Wildman–Crippen LogP) is 6.13. The van der Waals surface area contributed by atoms with Gasteiger partial charge < -0.3 is 5.32 Å². The van der Waals surface area contributed by atoms with E-state index in [1.165, 1.54) is 30.3 Å². The smallest absolute Gasteiger partial charge is 0.325 e. The molecule has 128 valence electrons. The second kappa shape index (κ2) is 7.68. The predicted molar refractivity (Wildman–Crippen MR) is 91.9 cm³/mol. The number of hydrogen-bond acceptors (Lipinski definition) is 2. The van der Waals surface area contributed by atoms with E-state index < -0.39 is 17.0 Å². The molecule has 8 heteroatoms. The highest BCUT2D eigenvalue weighted by molar-refractivity contribution is 8.00. The summed E-state index contributed by atoms with van der Waals surface area (Å²) in [6.45, 7) is 1.60. The first-order valence-corrected chi connectivity index (χ1v) is 8.39. The third-order valence-electron chi connectivity index (χ3n) is 2.97. The fourth-order valence-corrected chi connectivity index (χ4v) is 3.33. The highest BCUT2D eigenvalue weighted by atomic mass is 35.5. The quantitative estimate of drug-likeness (QED) is 0.632. The van der Waals surface area contributed by atoms with Gasteiger partial charge in [-0.15, -0.1) is 11.8 Å². The van der Waals surface area contributed by atoms with Gasteiger partial charge in [0.1, 0.15) is 0 Å². The van der Waals surface area contributed by atoms with Gasteiger partial charge in [0.05, 0.1) is 10.8 Å². The van der Waals surface area contributed by atoms with Crippen LogP contribution in [0.5, 0.6) is 0 Å². The summed E-state index contributed by atoms with van der Waals surface area (Å²) in [7, 11) is 0. The molecule has 0 spiro atoms. The van der Waals surface area contributed by atoms with Crippen molar-refractivity contribution in [2.45, 2.75) is 23.2 Å². The van der Waals surface area contributed by atoms with Crippen LogP contribution in [-0.2, 0) is 11.0 Å². The van der Waals surface area contributed by atoms with E-state index in [4.69, 9.17) is 23.2 Å². The molecule has 2 aromatic carbocycles. The average molecular weight is 394 g/mol. The number of nitrogens with one attached hydrogen (secondary N) is 1. The second-order valence-corrected chi connectivity index (χ2v) is 7.22. The van der Waals surface area contributed by atoms with Crippen molar-refractivity contribution in [3.8, 4) is 0 Å². The van der Waals surface area contributed by atoms with Crippen molar-refractivity contribution in [2.75, 3.05) is 5.32 Å². The fourth-order valence-electron chi connectivity index (χ4n) is 1.87. The Balaban J connectivity index is 2.06. The number of amides is 1. The van der Waals surface area contributed by atoms with Crippen LogP contribution >= 0.6 is 35.0 Å². The summed E-state index contributed by atoms with van der Waals surface area (Å²) in [5, 5.41) is 2.77. The molecule has 2 aromatic rings. The van der Waals surface area contributed by atoms with Gasteiger partial charge in [0.25, 0.3) is 0 Å². The lowest BCUT2D eigenvalue weighted by Crippen LogP contribution is -2.22. The lowest BCUT2D eigenvalue weighted by molar-refractivity contribution is -0.137. The largest absolute Gasteiger partial charge is 0.416 e. The lowest BCUT2D eigenvalue weighted by Gasteiger charge is -2.14. The van der Waals surface area contributed by atoms with E-state index in [0.29, 0.717) is 20.6 Å². The molecule has 0 aromatic heterocycles. The van der Waals surface area contributed by atoms with Crippen LogP contribution in [0.15, 0.2) is 47.4 Å². The van der Waals surface area contributed by atoms with E-state index in [9.17, 15) is 18.0 Å². The van der Waals surface area contributed by atoms with Gasteiger partial charge in [0.2, 0.25) is 5.91 Å². The minimum Gasteiger partial charge on any atom is -0.325 e. The molecule has 1 N–H and O–H groups in total. The van der Waals surface area contributed by atoms with E-state index in [-0.39, 0.29) is 5.91 Å². The first-order valence-electron chi connectivity index (χ1n) is 6.76. The van der Waals surface area contributed by atoms with Crippen molar-refractivity contribution in [1.29, 1.82) is 0 Å². The summed E-state index contributed by atoms with van der Waals surface area (Å²) in [4.78, 5) is 12.5. The molecule has 0 fully saturated rings. The maximum atomic E-state index is 12.7. The molecule has 0 saturated carbocycles. The molecule has 0 bridgehead atoms. The standard InChI is InChI=1S/C16H12Cl2F3NOS/c1-9(15(23)22-13-7-11(17)6-12(18)8-13)24-14-4-2-3-10(5-14)16(19,20)21/h2-9H,1H3,(H,22,23)/t9-/m0/s1. The maximum Gasteiger partial charge on any atom is 0.416 e. The Morgan fingerprint density at radius 3 is 2.33 bits per heavy atom. The molecule has 2 rings (SSSR count). The highest BCUT2D eigenvalue weighted by Crippen LogP contribution is 2.33. The maximum absolute atomic E-state index is 12.7. The van der Waals surface area contributed by atoms with E-state index in [1.54, 1.807) is 6.92 Å². The molecule has 1 atom stereocenters. The first-order chi connectivity index (χ1) is 11.1. The number of carbonyl (C=O) groups is 1. The normalized spacial score (nSPS) is 12.8. The van der Waals surface area contributed by atoms with E-state index in [0.717, 1.165) is 23.9 Å². The molecule has 0 unspecified atom stereocenters. The summed E-state index contributed by atoms with van der Waals surface area (Å²) < 4.78 is 38.1. The average Bonchev–Trinajstić information content (AvgIpc) is 2.45. The summed E-state index contributed by atoms with van der Waals surface area (Å²) in [5.74, 6) is -0.365. The van der Waals surface area contributed by atoms with Gasteiger partial charge >= 0.3 is 6.18 Å². The Kier molecular flexibility index (Phi) is 6.06. The fraction of sp³-hybridized carbons (Fsp3) is 0.188. The Hall–Kier alpha value is -1.37. The highest BCUT2D eigenvalue weighted by Gasteiger charge is 2.30. The summed E-state index contributed by atoms with van der Waals surface area (Å²) in [5.41, 5.74) is -0.323. The SMILES string of the molecule is C[C@H](Sc1cccc(C(F)(F)F)c1)C(=O)Nc1cc(Cl)cc(Cl)c1. The zero-order valence-corrected chi connectivity index (χ0v) is 14.7. The van der Waals surface area contributed by atoms with Crippen molar-refractivity contribution >= 4 is 46.6 Å². The minimum absolute atomic E-state index is 0.358. The molecular weight excluding hydrogens is 382 g/mol. The Bertz CT molecular complexity index is 732. The number of halogens is 5. The number of alkyl halides is 3. The zero-order chi connectivity index (χ0) is 17.9. The Morgan fingerprint density at radius 2 is 1.75 bits per heavy atom. The Labute approximate surface area is 151 Å². The van der Waals surface area contributed by atoms with E-state index >= 15 is 0 Å². The molecule has 0 saturated heterocycles. The molecule has 24 heavy (non-hydrogen) atoms. The summed E-state index contributed by atoms with van der Waals surface area (Å²) in [6.07, 6.45) is -4.42. The lowest BCUT2D eigenvalue weighted by atomic mass is 10.2. The number of benzene rings is 2. The summed E-state index contributed by atoms with van der Waals surface area (Å²) in [6, 6.07) is 9.44. The van der Waals surface area contributed by atoms with Crippen LogP contribution in [0.3, 0.4) is 0 Å². The minimum atomic E-state index is -4.42. The molecule has 0 aliphatic rings. The molecular formula is C16H12Cl2F3NOS. The van der Waals surface area contributed by atoms with Gasteiger partial charge in [-0.2, -0.15) is 13.2 Å². The monoisotopic (exact) mass is 393 g/mol. The first kappa shape index (κ1) is 19.0. The van der Waals surface area contributed by atoms with Gasteiger partial charge in [-0.05, 0) is 43.3 Å². The second-order valence-electron chi connectivity index (χ2n) is 4.93. The van der Waals surface area contributed by atoms with Crippen LogP contribution in [-0.4, -0.2) is 11.2 Å². The van der Waals surface area contributed by atoms with Crippen LogP contribution in [0.4, 0.5) is 18.9 Å². The zero-order valence-electron chi connectivity index (χ0n) is 12.3. The molecule has 2 nitrogen and oxygen atoms in total. The number of rotatable bonds is 4. The third kappa shape index (κ3) is 5.33. The summed E-state index contributed by atoms with van der Waals surface area (Å²) >= 11 is 12.7. The van der Waals surface area contributed by atoms with Crippen molar-refractivity contribution in [2.24, 2.45) is 0 Å². The van der Waals surface area contributed by atoms with E-state index in [2.05, 4.69) is 5.32 Å². The van der Waals surface area contributed by atoms with Crippen LogP contribution in [0.1, 0.15) is 12.5 Å². The van der Waals surface area contributed by atoms with Crippen molar-refractivity contribution in [1.82, 2.24) is 0 Å². The van der Waals surface area contributed by atoms with Gasteiger partial charge in [-0.3, -0.25) is 4.79 Å². The molecule has 0 radical (unpaired) electrons. The molecule has 1 amide bonds. The van der Waals surface area contributed by atoms with Crippen molar-refractivity contribution in [3.63, 3.8) is 0 Å². The van der Waals surface area contributed by atoms with E-state index in [1.807, 2.05) is 0 Å². The number of anilines is 1. The van der Waals surface area contributed by atoms with Gasteiger partial charge in [0, 0.05) is 20.6 Å². The molecule has 0 aliphatic heterocycles. The van der Waals surface area contributed by atoms with Gasteiger partial charge in [-0.1, -0.05) is 29.3 Å². The van der Waals surface area contributed by atoms with Crippen LogP contribution in [0, 0.1) is 0 Å². The van der Waals surface area contributed by atoms with Crippen molar-refractivity contribution < 1.29 is 18.0 Å². The molecule has 0 aliphatic carbocycles. The van der Waals surface area contributed by atoms with Gasteiger partial charge in [0.15, 0.2) is 0 Å². The Morgan fingerprint density at radius 1 is 1.12 bits per heavy atom. The van der Waals surface area contributed by atoms with Crippen LogP contribution < -0.4 is 5.32 Å². The number of thioether (sulfide) groups is 1. The topological polar surface area (TPSA) is 29.1 Å². The molecule has 0 heterocycles. The third-order valence-corrected chi connectivity index (χ3v) is 4.50. The van der Waals surface area contributed by atoms with Crippen LogP contribution in [0.2, 0.25) is 10.0 Å². The number of carbonyl (C=O) groups excluding carboxylic acids is 1. The van der Waals surface area contributed by atoms with Crippen LogP contribution in [0.25, 0.3) is 0 Å².